The van der Waals surface area contributed by atoms with Crippen LogP contribution in [0.4, 0.5) is 4.39 Å². The third kappa shape index (κ3) is 1.86. The zero-order valence-corrected chi connectivity index (χ0v) is 9.45. The summed E-state index contributed by atoms with van der Waals surface area (Å²) in [4.78, 5) is 0. The summed E-state index contributed by atoms with van der Waals surface area (Å²) < 4.78 is 14.7. The summed E-state index contributed by atoms with van der Waals surface area (Å²) in [6.45, 7) is 2.04. The Morgan fingerprint density at radius 2 is 1.75 bits per heavy atom. The van der Waals surface area contributed by atoms with Gasteiger partial charge < -0.3 is 5.32 Å². The van der Waals surface area contributed by atoms with E-state index < -0.39 is 5.67 Å². The van der Waals surface area contributed by atoms with E-state index in [0.717, 1.165) is 31.5 Å². The third-order valence-corrected chi connectivity index (χ3v) is 4.10. The maximum Gasteiger partial charge on any atom is 0.115 e. The van der Waals surface area contributed by atoms with Crippen molar-refractivity contribution < 1.29 is 4.39 Å². The van der Waals surface area contributed by atoms with Crippen molar-refractivity contribution in [3.8, 4) is 0 Å². The molecule has 1 aromatic rings. The van der Waals surface area contributed by atoms with Crippen molar-refractivity contribution in [2.45, 2.75) is 24.9 Å². The largest absolute Gasteiger partial charge is 0.316 e. The minimum absolute atomic E-state index is 0.578. The number of hydrogen-bond donors (Lipinski definition) is 1. The van der Waals surface area contributed by atoms with Gasteiger partial charge in [-0.25, -0.2) is 4.39 Å². The summed E-state index contributed by atoms with van der Waals surface area (Å²) in [6, 6.07) is 10.1. The summed E-state index contributed by atoms with van der Waals surface area (Å²) in [5.74, 6) is 1.16. The average molecular weight is 219 g/mol. The molecule has 1 saturated carbocycles. The third-order valence-electron chi connectivity index (χ3n) is 4.10. The smallest absolute Gasteiger partial charge is 0.115 e. The van der Waals surface area contributed by atoms with Crippen molar-refractivity contribution in [3.05, 3.63) is 35.9 Å². The number of fused-ring (bicyclic) bond motifs is 1. The molecular formula is C14H18FN. The standard InChI is InChI=1S/C14H18FN/c15-14(6-11-4-2-1-3-5-11)7-12-9-16-10-13(12)8-14/h1-5,12-13,16H,6-10H2/t12-,13+,14+. The predicted octanol–water partition coefficient (Wildman–Crippen LogP) is 2.57. The van der Waals surface area contributed by atoms with Crippen molar-refractivity contribution in [3.63, 3.8) is 0 Å². The van der Waals surface area contributed by atoms with Gasteiger partial charge in [-0.2, -0.15) is 0 Å². The first-order valence-corrected chi connectivity index (χ1v) is 6.19. The van der Waals surface area contributed by atoms with E-state index in [-0.39, 0.29) is 0 Å². The molecule has 1 aliphatic heterocycles. The van der Waals surface area contributed by atoms with E-state index in [1.165, 1.54) is 0 Å². The van der Waals surface area contributed by atoms with Crippen LogP contribution in [0.1, 0.15) is 18.4 Å². The molecule has 16 heavy (non-hydrogen) atoms. The van der Waals surface area contributed by atoms with Crippen LogP contribution in [0.5, 0.6) is 0 Å². The van der Waals surface area contributed by atoms with Gasteiger partial charge in [0, 0.05) is 6.42 Å². The lowest BCUT2D eigenvalue weighted by Crippen LogP contribution is -2.25. The first kappa shape index (κ1) is 10.3. The Bertz CT molecular complexity index is 350. The van der Waals surface area contributed by atoms with E-state index in [1.54, 1.807) is 0 Å². The molecule has 1 nitrogen and oxygen atoms in total. The van der Waals surface area contributed by atoms with Crippen LogP contribution in [-0.4, -0.2) is 18.8 Å². The molecule has 1 aromatic carbocycles. The molecule has 0 bridgehead atoms. The Morgan fingerprint density at radius 3 is 2.38 bits per heavy atom. The normalized spacial score (nSPS) is 37.6. The topological polar surface area (TPSA) is 12.0 Å². The summed E-state index contributed by atoms with van der Waals surface area (Å²) >= 11 is 0. The summed E-state index contributed by atoms with van der Waals surface area (Å²) in [7, 11) is 0. The highest BCUT2D eigenvalue weighted by atomic mass is 19.1. The van der Waals surface area contributed by atoms with E-state index >= 15 is 0 Å². The lowest BCUT2D eigenvalue weighted by molar-refractivity contribution is 0.159. The molecular weight excluding hydrogens is 201 g/mol. The van der Waals surface area contributed by atoms with Gasteiger partial charge in [0.25, 0.3) is 0 Å². The molecule has 2 aliphatic rings. The van der Waals surface area contributed by atoms with Crippen LogP contribution in [0.3, 0.4) is 0 Å². The van der Waals surface area contributed by atoms with E-state index in [4.69, 9.17) is 0 Å². The second kappa shape index (κ2) is 3.85. The Hall–Kier alpha value is -0.890. The van der Waals surface area contributed by atoms with Crippen LogP contribution >= 0.6 is 0 Å². The fourth-order valence-electron chi connectivity index (χ4n) is 3.39. The van der Waals surface area contributed by atoms with E-state index in [2.05, 4.69) is 5.32 Å². The van der Waals surface area contributed by atoms with Crippen LogP contribution in [0.15, 0.2) is 30.3 Å². The molecule has 2 heteroatoms. The molecule has 1 aliphatic carbocycles. The van der Waals surface area contributed by atoms with E-state index in [9.17, 15) is 4.39 Å². The first-order chi connectivity index (χ1) is 7.75. The van der Waals surface area contributed by atoms with Gasteiger partial charge in [-0.3, -0.25) is 0 Å². The molecule has 0 radical (unpaired) electrons. The highest BCUT2D eigenvalue weighted by molar-refractivity contribution is 5.18. The monoisotopic (exact) mass is 219 g/mol. The molecule has 0 aromatic heterocycles. The summed E-state index contributed by atoms with van der Waals surface area (Å²) in [6.07, 6.45) is 2.10. The van der Waals surface area contributed by atoms with Gasteiger partial charge >= 0.3 is 0 Å². The lowest BCUT2D eigenvalue weighted by Gasteiger charge is -2.20. The SMILES string of the molecule is F[C@]1(Cc2ccccc2)C[C@H]2CNC[C@H]2C1. The number of hydrogen-bond acceptors (Lipinski definition) is 1. The number of alkyl halides is 1. The number of nitrogens with one attached hydrogen (secondary N) is 1. The van der Waals surface area contributed by atoms with Crippen LogP contribution in [0, 0.1) is 11.8 Å². The van der Waals surface area contributed by atoms with Crippen LogP contribution in [0.25, 0.3) is 0 Å². The molecule has 3 rings (SSSR count). The van der Waals surface area contributed by atoms with E-state index in [0.29, 0.717) is 18.3 Å². The Labute approximate surface area is 96.1 Å². The lowest BCUT2D eigenvalue weighted by atomic mass is 9.93. The Morgan fingerprint density at radius 1 is 1.12 bits per heavy atom. The molecule has 0 spiro atoms. The predicted molar refractivity (Wildman–Crippen MR) is 63.1 cm³/mol. The fourth-order valence-corrected chi connectivity index (χ4v) is 3.39. The van der Waals surface area contributed by atoms with Gasteiger partial charge in [-0.1, -0.05) is 30.3 Å². The second-order valence-electron chi connectivity index (χ2n) is 5.40. The average Bonchev–Trinajstić information content (AvgIpc) is 2.77. The van der Waals surface area contributed by atoms with Crippen LogP contribution in [-0.2, 0) is 6.42 Å². The molecule has 0 unspecified atom stereocenters. The van der Waals surface area contributed by atoms with Gasteiger partial charge in [0.15, 0.2) is 0 Å². The highest BCUT2D eigenvalue weighted by Gasteiger charge is 2.47. The van der Waals surface area contributed by atoms with Crippen molar-refractivity contribution in [1.29, 1.82) is 0 Å². The molecule has 1 N–H and O–H groups in total. The van der Waals surface area contributed by atoms with Gasteiger partial charge in [0.1, 0.15) is 5.67 Å². The van der Waals surface area contributed by atoms with Crippen LogP contribution < -0.4 is 5.32 Å². The van der Waals surface area contributed by atoms with Crippen molar-refractivity contribution in [2.24, 2.45) is 11.8 Å². The van der Waals surface area contributed by atoms with Crippen molar-refractivity contribution in [1.82, 2.24) is 5.32 Å². The van der Waals surface area contributed by atoms with Crippen molar-refractivity contribution >= 4 is 0 Å². The maximum absolute atomic E-state index is 14.7. The molecule has 3 atom stereocenters. The molecule has 0 amide bonds. The van der Waals surface area contributed by atoms with Gasteiger partial charge in [-0.15, -0.1) is 0 Å². The number of benzene rings is 1. The zero-order chi connectivity index (χ0) is 11.0. The van der Waals surface area contributed by atoms with Gasteiger partial charge in [0.05, 0.1) is 0 Å². The maximum atomic E-state index is 14.7. The molecule has 86 valence electrons. The Balaban J connectivity index is 1.71. The highest BCUT2D eigenvalue weighted by Crippen LogP contribution is 2.45. The van der Waals surface area contributed by atoms with E-state index in [1.807, 2.05) is 30.3 Å². The molecule has 1 heterocycles. The molecule has 1 saturated heterocycles. The summed E-state index contributed by atoms with van der Waals surface area (Å²) in [5.41, 5.74) is 0.191. The number of rotatable bonds is 2. The summed E-state index contributed by atoms with van der Waals surface area (Å²) in [5, 5.41) is 3.36. The first-order valence-electron chi connectivity index (χ1n) is 6.19. The Kier molecular flexibility index (Phi) is 2.47. The number of halogens is 1. The molecule has 2 fully saturated rings. The quantitative estimate of drug-likeness (QED) is 0.806. The van der Waals surface area contributed by atoms with Gasteiger partial charge in [-0.05, 0) is 43.3 Å². The zero-order valence-electron chi connectivity index (χ0n) is 9.45. The van der Waals surface area contributed by atoms with Gasteiger partial charge in [0.2, 0.25) is 0 Å². The van der Waals surface area contributed by atoms with Crippen LogP contribution in [0.2, 0.25) is 0 Å². The second-order valence-corrected chi connectivity index (χ2v) is 5.40. The minimum atomic E-state index is -0.946. The fraction of sp³-hybridized carbons (Fsp3) is 0.571. The minimum Gasteiger partial charge on any atom is -0.316 e. The van der Waals surface area contributed by atoms with Crippen molar-refractivity contribution in [2.75, 3.05) is 13.1 Å².